The van der Waals surface area contributed by atoms with Gasteiger partial charge in [-0.2, -0.15) is 4.39 Å². The molecule has 0 bridgehead atoms. The fourth-order valence-corrected chi connectivity index (χ4v) is 4.04. The zero-order chi connectivity index (χ0) is 23.5. The third-order valence-corrected chi connectivity index (χ3v) is 6.10. The van der Waals surface area contributed by atoms with Crippen molar-refractivity contribution in [3.8, 4) is 28.0 Å². The molecule has 1 nitrogen and oxygen atoms in total. The van der Waals surface area contributed by atoms with Crippen molar-refractivity contribution >= 4 is 0 Å². The first kappa shape index (κ1) is 25.0. The Balaban J connectivity index is 1.63. The Morgan fingerprint density at radius 1 is 0.576 bits per heavy atom. The van der Waals surface area contributed by atoms with E-state index < -0.39 is 11.6 Å². The molecule has 0 heterocycles. The third kappa shape index (κ3) is 7.15. The van der Waals surface area contributed by atoms with Gasteiger partial charge in [-0.1, -0.05) is 101 Å². The monoisotopic (exact) mass is 450 g/mol. The van der Waals surface area contributed by atoms with Crippen molar-refractivity contribution in [2.24, 2.45) is 0 Å². The minimum atomic E-state index is -0.913. The van der Waals surface area contributed by atoms with Crippen LogP contribution in [0.2, 0.25) is 0 Å². The molecule has 0 amide bonds. The molecule has 0 aliphatic heterocycles. The van der Waals surface area contributed by atoms with Crippen molar-refractivity contribution < 1.29 is 13.5 Å². The van der Waals surface area contributed by atoms with Gasteiger partial charge in [0.1, 0.15) is 0 Å². The molecule has 0 fully saturated rings. The van der Waals surface area contributed by atoms with E-state index in [9.17, 15) is 8.78 Å². The molecule has 0 radical (unpaired) electrons. The lowest BCUT2D eigenvalue weighted by Gasteiger charge is -2.11. The molecule has 0 saturated carbocycles. The summed E-state index contributed by atoms with van der Waals surface area (Å²) < 4.78 is 34.8. The summed E-state index contributed by atoms with van der Waals surface area (Å²) in [4.78, 5) is 0. The van der Waals surface area contributed by atoms with E-state index in [1.807, 2.05) is 24.3 Å². The SMILES string of the molecule is CCCCCCCOc1ccc(-c2ccc(-c3ccc(CCCCC)cc3)cc2)c(F)c1F. The van der Waals surface area contributed by atoms with Crippen LogP contribution in [-0.2, 0) is 6.42 Å². The van der Waals surface area contributed by atoms with E-state index in [2.05, 4.69) is 38.1 Å². The van der Waals surface area contributed by atoms with Gasteiger partial charge in [0, 0.05) is 5.56 Å². The average Bonchev–Trinajstić information content (AvgIpc) is 2.85. The van der Waals surface area contributed by atoms with Crippen molar-refractivity contribution in [2.45, 2.75) is 71.6 Å². The maximum absolute atomic E-state index is 14.8. The summed E-state index contributed by atoms with van der Waals surface area (Å²) >= 11 is 0. The molecule has 3 aromatic carbocycles. The van der Waals surface area contributed by atoms with Gasteiger partial charge in [-0.15, -0.1) is 0 Å². The molecule has 3 heteroatoms. The molecular formula is C30H36F2O. The molecule has 0 spiro atoms. The minimum absolute atomic E-state index is 0.0117. The van der Waals surface area contributed by atoms with Crippen molar-refractivity contribution in [1.29, 1.82) is 0 Å². The smallest absolute Gasteiger partial charge is 0.201 e. The zero-order valence-electron chi connectivity index (χ0n) is 20.0. The molecule has 33 heavy (non-hydrogen) atoms. The number of hydrogen-bond acceptors (Lipinski definition) is 1. The maximum Gasteiger partial charge on any atom is 0.201 e. The zero-order valence-corrected chi connectivity index (χ0v) is 20.0. The topological polar surface area (TPSA) is 9.23 Å². The molecular weight excluding hydrogens is 414 g/mol. The largest absolute Gasteiger partial charge is 0.490 e. The molecule has 3 aromatic rings. The summed E-state index contributed by atoms with van der Waals surface area (Å²) in [5, 5.41) is 0. The summed E-state index contributed by atoms with van der Waals surface area (Å²) in [5.74, 6) is -1.78. The van der Waals surface area contributed by atoms with Gasteiger partial charge >= 0.3 is 0 Å². The number of benzene rings is 3. The van der Waals surface area contributed by atoms with Crippen molar-refractivity contribution in [3.05, 3.63) is 77.9 Å². The van der Waals surface area contributed by atoms with Crippen LogP contribution in [-0.4, -0.2) is 6.61 Å². The lowest BCUT2D eigenvalue weighted by molar-refractivity contribution is 0.285. The number of halogens is 2. The van der Waals surface area contributed by atoms with Crippen LogP contribution in [0.25, 0.3) is 22.3 Å². The maximum atomic E-state index is 14.8. The standard InChI is InChI=1S/C30H36F2O/c1-3-5-7-8-10-22-33-28-21-20-27(29(31)30(28)32)26-18-16-25(17-19-26)24-14-12-23(13-15-24)11-9-6-4-2/h12-21H,3-11,22H2,1-2H3. The van der Waals surface area contributed by atoms with Gasteiger partial charge in [0.2, 0.25) is 5.82 Å². The lowest BCUT2D eigenvalue weighted by Crippen LogP contribution is -2.01. The molecule has 0 saturated heterocycles. The molecule has 176 valence electrons. The van der Waals surface area contributed by atoms with Gasteiger partial charge in [0.25, 0.3) is 0 Å². The second-order valence-corrected chi connectivity index (χ2v) is 8.73. The molecule has 0 atom stereocenters. The predicted octanol–water partition coefficient (Wildman–Crippen LogP) is 9.38. The van der Waals surface area contributed by atoms with Crippen LogP contribution in [0.3, 0.4) is 0 Å². The Labute approximate surface area is 197 Å². The number of hydrogen-bond donors (Lipinski definition) is 0. The second kappa shape index (κ2) is 13.1. The van der Waals surface area contributed by atoms with Gasteiger partial charge in [0.05, 0.1) is 6.61 Å². The minimum Gasteiger partial charge on any atom is -0.490 e. The van der Waals surface area contributed by atoms with Crippen LogP contribution in [0.4, 0.5) is 8.78 Å². The highest BCUT2D eigenvalue weighted by Crippen LogP contribution is 2.31. The van der Waals surface area contributed by atoms with Crippen LogP contribution < -0.4 is 4.74 Å². The van der Waals surface area contributed by atoms with E-state index in [1.165, 1.54) is 43.7 Å². The Morgan fingerprint density at radius 2 is 1.15 bits per heavy atom. The molecule has 0 aliphatic rings. The number of ether oxygens (including phenoxy) is 1. The Hall–Kier alpha value is -2.68. The first-order valence-corrected chi connectivity index (χ1v) is 12.4. The summed E-state index contributed by atoms with van der Waals surface area (Å²) in [6.07, 6.45) is 10.2. The van der Waals surface area contributed by atoms with Gasteiger partial charge in [-0.25, -0.2) is 4.39 Å². The van der Waals surface area contributed by atoms with E-state index in [0.29, 0.717) is 12.2 Å². The van der Waals surface area contributed by atoms with E-state index in [-0.39, 0.29) is 11.3 Å². The summed E-state index contributed by atoms with van der Waals surface area (Å²) in [6, 6.07) is 19.4. The highest BCUT2D eigenvalue weighted by molar-refractivity contribution is 5.71. The van der Waals surface area contributed by atoms with Crippen molar-refractivity contribution in [3.63, 3.8) is 0 Å². The van der Waals surface area contributed by atoms with Gasteiger partial charge < -0.3 is 4.74 Å². The number of unbranched alkanes of at least 4 members (excludes halogenated alkanes) is 6. The first-order chi connectivity index (χ1) is 16.1. The molecule has 0 unspecified atom stereocenters. The fraction of sp³-hybridized carbons (Fsp3) is 0.400. The highest BCUT2D eigenvalue weighted by atomic mass is 19.2. The third-order valence-electron chi connectivity index (χ3n) is 6.10. The Bertz CT molecular complexity index is 977. The lowest BCUT2D eigenvalue weighted by atomic mass is 9.98. The normalized spacial score (nSPS) is 11.0. The van der Waals surface area contributed by atoms with Gasteiger partial charge in [-0.05, 0) is 53.6 Å². The van der Waals surface area contributed by atoms with Crippen LogP contribution in [0.1, 0.15) is 70.8 Å². The molecule has 0 N–H and O–H groups in total. The first-order valence-electron chi connectivity index (χ1n) is 12.4. The summed E-state index contributed by atoms with van der Waals surface area (Å²) in [5.41, 5.74) is 4.43. The molecule has 0 aliphatic carbocycles. The van der Waals surface area contributed by atoms with E-state index in [0.717, 1.165) is 36.8 Å². The Kier molecular flexibility index (Phi) is 9.93. The van der Waals surface area contributed by atoms with Gasteiger partial charge in [0.15, 0.2) is 11.6 Å². The van der Waals surface area contributed by atoms with E-state index in [4.69, 9.17) is 4.74 Å². The second-order valence-electron chi connectivity index (χ2n) is 8.73. The van der Waals surface area contributed by atoms with Crippen molar-refractivity contribution in [1.82, 2.24) is 0 Å². The average molecular weight is 451 g/mol. The van der Waals surface area contributed by atoms with Crippen LogP contribution in [0.15, 0.2) is 60.7 Å². The van der Waals surface area contributed by atoms with Crippen molar-refractivity contribution in [2.75, 3.05) is 6.61 Å². The quantitative estimate of drug-likeness (QED) is 0.236. The number of aryl methyl sites for hydroxylation is 1. The van der Waals surface area contributed by atoms with Crippen LogP contribution >= 0.6 is 0 Å². The summed E-state index contributed by atoms with van der Waals surface area (Å²) in [6.45, 7) is 4.79. The van der Waals surface area contributed by atoms with E-state index >= 15 is 0 Å². The predicted molar refractivity (Wildman–Crippen MR) is 135 cm³/mol. The summed E-state index contributed by atoms with van der Waals surface area (Å²) in [7, 11) is 0. The molecule has 0 aromatic heterocycles. The fourth-order valence-electron chi connectivity index (χ4n) is 4.04. The van der Waals surface area contributed by atoms with Crippen LogP contribution in [0, 0.1) is 11.6 Å². The van der Waals surface area contributed by atoms with E-state index in [1.54, 1.807) is 6.07 Å². The molecule has 3 rings (SSSR count). The Morgan fingerprint density at radius 3 is 1.82 bits per heavy atom. The van der Waals surface area contributed by atoms with Gasteiger partial charge in [-0.3, -0.25) is 0 Å². The highest BCUT2D eigenvalue weighted by Gasteiger charge is 2.16. The number of rotatable bonds is 13. The van der Waals surface area contributed by atoms with Crippen LogP contribution in [0.5, 0.6) is 5.75 Å².